The molecule has 0 spiro atoms. The van der Waals surface area contributed by atoms with Crippen LogP contribution in [-0.4, -0.2) is 67.4 Å². The molecule has 0 saturated carbocycles. The SMILES string of the molecule is CC(=O)OC[C@@H](OCCO)[C@H]1O[C@@H]2OC(C)(C)O[C@@H]2[C@H]1OCc1ccccc1. The van der Waals surface area contributed by atoms with Crippen molar-refractivity contribution in [2.24, 2.45) is 0 Å². The van der Waals surface area contributed by atoms with Gasteiger partial charge in [-0.05, 0) is 19.4 Å². The lowest BCUT2D eigenvalue weighted by Crippen LogP contribution is -2.46. The fourth-order valence-corrected chi connectivity index (χ4v) is 3.40. The Bertz CT molecular complexity index is 634. The average molecular weight is 396 g/mol. The van der Waals surface area contributed by atoms with Gasteiger partial charge in [-0.15, -0.1) is 0 Å². The molecule has 0 amide bonds. The number of rotatable bonds is 9. The predicted octanol–water partition coefficient (Wildman–Crippen LogP) is 1.39. The smallest absolute Gasteiger partial charge is 0.302 e. The first-order chi connectivity index (χ1) is 13.4. The number of hydrogen-bond donors (Lipinski definition) is 1. The van der Waals surface area contributed by atoms with E-state index in [9.17, 15) is 4.79 Å². The molecule has 0 radical (unpaired) electrons. The molecule has 1 aromatic carbocycles. The maximum atomic E-state index is 11.3. The topological polar surface area (TPSA) is 92.7 Å². The Balaban J connectivity index is 1.74. The zero-order chi connectivity index (χ0) is 20.1. The minimum absolute atomic E-state index is 0.0198. The normalized spacial score (nSPS) is 29.4. The quantitative estimate of drug-likeness (QED) is 0.626. The molecule has 1 aromatic rings. The maximum Gasteiger partial charge on any atom is 0.302 e. The first-order valence-corrected chi connectivity index (χ1v) is 9.42. The number of fused-ring (bicyclic) bond motifs is 1. The van der Waals surface area contributed by atoms with Gasteiger partial charge in [-0.25, -0.2) is 0 Å². The van der Waals surface area contributed by atoms with E-state index in [1.54, 1.807) is 0 Å². The number of carbonyl (C=O) groups excluding carboxylic acids is 1. The van der Waals surface area contributed by atoms with Crippen LogP contribution in [0.4, 0.5) is 0 Å². The minimum Gasteiger partial charge on any atom is -0.463 e. The molecule has 0 aromatic heterocycles. The highest BCUT2D eigenvalue weighted by Gasteiger charge is 2.57. The number of carbonyl (C=O) groups is 1. The van der Waals surface area contributed by atoms with E-state index in [1.165, 1.54) is 6.92 Å². The lowest BCUT2D eigenvalue weighted by Gasteiger charge is -2.30. The summed E-state index contributed by atoms with van der Waals surface area (Å²) < 4.78 is 34.8. The monoisotopic (exact) mass is 396 g/mol. The summed E-state index contributed by atoms with van der Waals surface area (Å²) in [6.45, 7) is 5.22. The maximum absolute atomic E-state index is 11.3. The predicted molar refractivity (Wildman–Crippen MR) is 97.2 cm³/mol. The van der Waals surface area contributed by atoms with Gasteiger partial charge in [0.2, 0.25) is 0 Å². The van der Waals surface area contributed by atoms with Gasteiger partial charge in [-0.1, -0.05) is 30.3 Å². The second-order valence-electron chi connectivity index (χ2n) is 7.27. The van der Waals surface area contributed by atoms with E-state index >= 15 is 0 Å². The van der Waals surface area contributed by atoms with Crippen molar-refractivity contribution in [1.82, 2.24) is 0 Å². The van der Waals surface area contributed by atoms with E-state index < -0.39 is 42.5 Å². The Hall–Kier alpha value is -1.55. The minimum atomic E-state index is -0.786. The highest BCUT2D eigenvalue weighted by atomic mass is 16.8. The molecule has 3 rings (SSSR count). The van der Waals surface area contributed by atoms with Crippen LogP contribution in [0.5, 0.6) is 0 Å². The zero-order valence-corrected chi connectivity index (χ0v) is 16.4. The summed E-state index contributed by atoms with van der Waals surface area (Å²) in [5, 5.41) is 9.13. The first-order valence-electron chi connectivity index (χ1n) is 9.42. The zero-order valence-electron chi connectivity index (χ0n) is 16.4. The standard InChI is InChI=1S/C20H28O8/c1-13(22)24-12-15(23-10-9-21)16-17(25-11-14-7-5-4-6-8-14)18-19(26-16)28-20(2,3)27-18/h4-8,15-19,21H,9-12H2,1-3H3/t15-,16-,17+,18-,19-/m1/s1. The highest BCUT2D eigenvalue weighted by Crippen LogP contribution is 2.40. The molecule has 0 unspecified atom stereocenters. The molecule has 1 N–H and O–H groups in total. The van der Waals surface area contributed by atoms with Gasteiger partial charge in [0, 0.05) is 6.92 Å². The lowest BCUT2D eigenvalue weighted by molar-refractivity contribution is -0.237. The molecule has 156 valence electrons. The number of esters is 1. The second-order valence-corrected chi connectivity index (χ2v) is 7.27. The number of ether oxygens (including phenoxy) is 6. The van der Waals surface area contributed by atoms with Crippen LogP contribution in [0.25, 0.3) is 0 Å². The molecule has 2 heterocycles. The molecule has 8 nitrogen and oxygen atoms in total. The Labute approximate surface area is 164 Å². The van der Waals surface area contributed by atoms with Gasteiger partial charge in [0.1, 0.15) is 31.0 Å². The summed E-state index contributed by atoms with van der Waals surface area (Å²) in [6, 6.07) is 9.76. The van der Waals surface area contributed by atoms with Crippen molar-refractivity contribution < 1.29 is 38.3 Å². The molecular formula is C20H28O8. The third-order valence-electron chi connectivity index (χ3n) is 4.55. The van der Waals surface area contributed by atoms with Crippen LogP contribution in [0, 0.1) is 0 Å². The summed E-state index contributed by atoms with van der Waals surface area (Å²) in [5.74, 6) is -1.21. The molecular weight excluding hydrogens is 368 g/mol. The highest BCUT2D eigenvalue weighted by molar-refractivity contribution is 5.65. The van der Waals surface area contributed by atoms with Crippen molar-refractivity contribution in [2.75, 3.05) is 19.8 Å². The third kappa shape index (κ3) is 5.28. The molecule has 5 atom stereocenters. The molecule has 2 aliphatic heterocycles. The molecule has 2 fully saturated rings. The molecule has 2 saturated heterocycles. The van der Waals surface area contributed by atoms with Crippen LogP contribution in [0.3, 0.4) is 0 Å². The fraction of sp³-hybridized carbons (Fsp3) is 0.650. The van der Waals surface area contributed by atoms with E-state index in [2.05, 4.69) is 0 Å². The number of aliphatic hydroxyl groups is 1. The van der Waals surface area contributed by atoms with Crippen molar-refractivity contribution in [3.63, 3.8) is 0 Å². The van der Waals surface area contributed by atoms with Crippen LogP contribution in [-0.2, 0) is 39.8 Å². The van der Waals surface area contributed by atoms with Crippen LogP contribution in [0.2, 0.25) is 0 Å². The fourth-order valence-electron chi connectivity index (χ4n) is 3.40. The van der Waals surface area contributed by atoms with Gasteiger partial charge < -0.3 is 33.5 Å². The Morgan fingerprint density at radius 1 is 1.25 bits per heavy atom. The van der Waals surface area contributed by atoms with Gasteiger partial charge in [0.15, 0.2) is 12.1 Å². The van der Waals surface area contributed by atoms with Crippen molar-refractivity contribution in [2.45, 2.75) is 63.9 Å². The van der Waals surface area contributed by atoms with Crippen LogP contribution < -0.4 is 0 Å². The van der Waals surface area contributed by atoms with Gasteiger partial charge in [-0.3, -0.25) is 4.79 Å². The van der Waals surface area contributed by atoms with Crippen LogP contribution in [0.15, 0.2) is 30.3 Å². The summed E-state index contributed by atoms with van der Waals surface area (Å²) >= 11 is 0. The van der Waals surface area contributed by atoms with E-state index in [-0.39, 0.29) is 19.8 Å². The van der Waals surface area contributed by atoms with Crippen LogP contribution in [0.1, 0.15) is 26.3 Å². The molecule has 28 heavy (non-hydrogen) atoms. The van der Waals surface area contributed by atoms with Gasteiger partial charge >= 0.3 is 5.97 Å². The molecule has 8 heteroatoms. The number of aliphatic hydroxyl groups excluding tert-OH is 1. The van der Waals surface area contributed by atoms with Gasteiger partial charge in [0.05, 0.1) is 19.8 Å². The molecule has 0 aliphatic carbocycles. The summed E-state index contributed by atoms with van der Waals surface area (Å²) in [7, 11) is 0. The Morgan fingerprint density at radius 3 is 2.68 bits per heavy atom. The third-order valence-corrected chi connectivity index (χ3v) is 4.55. The summed E-state index contributed by atoms with van der Waals surface area (Å²) in [4.78, 5) is 11.3. The largest absolute Gasteiger partial charge is 0.463 e. The van der Waals surface area contributed by atoms with Crippen molar-refractivity contribution >= 4 is 5.97 Å². The van der Waals surface area contributed by atoms with Crippen molar-refractivity contribution in [3.05, 3.63) is 35.9 Å². The van der Waals surface area contributed by atoms with E-state index in [0.29, 0.717) is 6.61 Å². The number of benzene rings is 1. The first kappa shape index (κ1) is 21.2. The number of hydrogen-bond acceptors (Lipinski definition) is 8. The lowest BCUT2D eigenvalue weighted by atomic mass is 10.1. The van der Waals surface area contributed by atoms with Crippen LogP contribution >= 0.6 is 0 Å². The van der Waals surface area contributed by atoms with E-state index in [4.69, 9.17) is 33.5 Å². The molecule has 0 bridgehead atoms. The van der Waals surface area contributed by atoms with Crippen molar-refractivity contribution in [3.8, 4) is 0 Å². The van der Waals surface area contributed by atoms with E-state index in [0.717, 1.165) is 5.56 Å². The van der Waals surface area contributed by atoms with Gasteiger partial charge in [0.25, 0.3) is 0 Å². The Kier molecular flexibility index (Phi) is 7.03. The summed E-state index contributed by atoms with van der Waals surface area (Å²) in [6.07, 6.45) is -2.76. The Morgan fingerprint density at radius 2 is 2.00 bits per heavy atom. The van der Waals surface area contributed by atoms with E-state index in [1.807, 2.05) is 44.2 Å². The van der Waals surface area contributed by atoms with Crippen molar-refractivity contribution in [1.29, 1.82) is 0 Å². The molecule has 2 aliphatic rings. The second kappa shape index (κ2) is 9.30. The summed E-state index contributed by atoms with van der Waals surface area (Å²) in [5.41, 5.74) is 1.01. The average Bonchev–Trinajstić information content (AvgIpc) is 3.12. The van der Waals surface area contributed by atoms with Gasteiger partial charge in [-0.2, -0.15) is 0 Å².